The summed E-state index contributed by atoms with van der Waals surface area (Å²) in [5.74, 6) is -0.0916. The molecule has 6 nitrogen and oxygen atoms in total. The zero-order valence-electron chi connectivity index (χ0n) is 43.7. The van der Waals surface area contributed by atoms with Gasteiger partial charge in [-0.3, -0.25) is 9.59 Å². The van der Waals surface area contributed by atoms with E-state index in [1.54, 1.807) is 6.08 Å². The van der Waals surface area contributed by atoms with Gasteiger partial charge >= 0.3 is 5.97 Å². The van der Waals surface area contributed by atoms with Gasteiger partial charge in [0.25, 0.3) is 0 Å². The number of ether oxygens (including phenoxy) is 1. The van der Waals surface area contributed by atoms with Crippen LogP contribution in [-0.2, 0) is 14.3 Å². The zero-order valence-corrected chi connectivity index (χ0v) is 43.7. The summed E-state index contributed by atoms with van der Waals surface area (Å²) in [5, 5.41) is 23.2. The van der Waals surface area contributed by atoms with Gasteiger partial charge in [0, 0.05) is 12.8 Å². The van der Waals surface area contributed by atoms with Crippen LogP contribution in [0.3, 0.4) is 0 Å². The quantitative estimate of drug-likeness (QED) is 0.0321. The maximum absolute atomic E-state index is 12.5. The normalized spacial score (nSPS) is 12.7. The van der Waals surface area contributed by atoms with E-state index in [9.17, 15) is 19.8 Å². The topological polar surface area (TPSA) is 95.9 Å². The van der Waals surface area contributed by atoms with Crippen LogP contribution in [0.1, 0.15) is 316 Å². The summed E-state index contributed by atoms with van der Waals surface area (Å²) in [6.45, 7) is 4.88. The van der Waals surface area contributed by atoms with Gasteiger partial charge in [-0.2, -0.15) is 0 Å². The Labute approximate surface area is 405 Å². The number of carbonyl (C=O) groups excluding carboxylic acids is 2. The number of esters is 1. The van der Waals surface area contributed by atoms with Crippen LogP contribution in [0, 0.1) is 0 Å². The summed E-state index contributed by atoms with van der Waals surface area (Å²) in [7, 11) is 0. The van der Waals surface area contributed by atoms with Gasteiger partial charge in [-0.05, 0) is 57.8 Å². The number of allylic oxidation sites excluding steroid dienone is 3. The minimum atomic E-state index is -0.855. The highest BCUT2D eigenvalue weighted by Gasteiger charge is 2.18. The Morgan fingerprint density at radius 2 is 0.723 bits per heavy atom. The summed E-state index contributed by atoms with van der Waals surface area (Å²) in [5.41, 5.74) is 0. The number of carbonyl (C=O) groups is 2. The highest BCUT2D eigenvalue weighted by atomic mass is 16.5. The Morgan fingerprint density at radius 1 is 0.415 bits per heavy atom. The first-order valence-corrected chi connectivity index (χ1v) is 29.1. The Kier molecular flexibility index (Phi) is 53.5. The fourth-order valence-electron chi connectivity index (χ4n) is 8.98. The van der Waals surface area contributed by atoms with Gasteiger partial charge in [-0.1, -0.05) is 269 Å². The average Bonchev–Trinajstić information content (AvgIpc) is 3.31. The lowest BCUT2D eigenvalue weighted by Crippen LogP contribution is -2.45. The van der Waals surface area contributed by atoms with Crippen molar-refractivity contribution in [3.8, 4) is 0 Å². The van der Waals surface area contributed by atoms with E-state index in [0.29, 0.717) is 19.4 Å². The summed E-state index contributed by atoms with van der Waals surface area (Å²) in [6, 6.07) is -0.639. The molecule has 0 aliphatic heterocycles. The Bertz CT molecular complexity index is 1010. The highest BCUT2D eigenvalue weighted by molar-refractivity contribution is 5.76. The first kappa shape index (κ1) is 63.3. The molecule has 0 saturated carbocycles. The largest absolute Gasteiger partial charge is 0.466 e. The highest BCUT2D eigenvalue weighted by Crippen LogP contribution is 2.17. The van der Waals surface area contributed by atoms with E-state index in [1.807, 2.05) is 6.08 Å². The maximum Gasteiger partial charge on any atom is 0.305 e. The molecule has 0 aromatic carbocycles. The first-order chi connectivity index (χ1) is 32.0. The van der Waals surface area contributed by atoms with Crippen molar-refractivity contribution in [1.29, 1.82) is 0 Å². The van der Waals surface area contributed by atoms with Gasteiger partial charge in [0.15, 0.2) is 0 Å². The van der Waals surface area contributed by atoms with Gasteiger partial charge in [0.05, 0.1) is 25.4 Å². The fraction of sp³-hybridized carbons (Fsp3) is 0.898. The van der Waals surface area contributed by atoms with E-state index in [2.05, 4.69) is 31.3 Å². The van der Waals surface area contributed by atoms with Crippen molar-refractivity contribution in [3.05, 3.63) is 24.3 Å². The van der Waals surface area contributed by atoms with Gasteiger partial charge in [-0.15, -0.1) is 0 Å². The number of amides is 1. The molecular formula is C59H113NO5. The minimum Gasteiger partial charge on any atom is -0.466 e. The molecule has 0 spiro atoms. The molecule has 0 saturated heterocycles. The van der Waals surface area contributed by atoms with Crippen LogP contribution < -0.4 is 5.32 Å². The first-order valence-electron chi connectivity index (χ1n) is 29.1. The monoisotopic (exact) mass is 916 g/mol. The smallest absolute Gasteiger partial charge is 0.305 e. The van der Waals surface area contributed by atoms with Crippen molar-refractivity contribution < 1.29 is 24.5 Å². The average molecular weight is 917 g/mol. The number of rotatable bonds is 54. The Morgan fingerprint density at radius 3 is 1.09 bits per heavy atom. The Balaban J connectivity index is 3.51. The molecule has 6 heteroatoms. The second-order valence-corrected chi connectivity index (χ2v) is 20.0. The van der Waals surface area contributed by atoms with Crippen molar-refractivity contribution in [2.45, 2.75) is 328 Å². The Hall–Kier alpha value is -1.66. The third-order valence-electron chi connectivity index (χ3n) is 13.5. The minimum absolute atomic E-state index is 0.0112. The summed E-state index contributed by atoms with van der Waals surface area (Å²) < 4.78 is 5.44. The molecule has 0 bridgehead atoms. The molecule has 0 rings (SSSR count). The van der Waals surface area contributed by atoms with Crippen LogP contribution in [0.15, 0.2) is 24.3 Å². The van der Waals surface area contributed by atoms with Crippen molar-refractivity contribution >= 4 is 11.9 Å². The summed E-state index contributed by atoms with van der Waals surface area (Å²) in [6.07, 6.45) is 66.3. The van der Waals surface area contributed by atoms with Crippen LogP contribution >= 0.6 is 0 Å². The number of hydrogen-bond donors (Lipinski definition) is 3. The molecule has 2 unspecified atom stereocenters. The molecule has 384 valence electrons. The molecule has 0 aliphatic rings. The summed E-state index contributed by atoms with van der Waals surface area (Å²) >= 11 is 0. The van der Waals surface area contributed by atoms with Crippen LogP contribution in [0.5, 0.6) is 0 Å². The molecule has 0 aromatic heterocycles. The zero-order chi connectivity index (χ0) is 47.2. The summed E-state index contributed by atoms with van der Waals surface area (Å²) in [4.78, 5) is 24.5. The molecule has 0 heterocycles. The second kappa shape index (κ2) is 54.9. The predicted octanol–water partition coefficient (Wildman–Crippen LogP) is 17.9. The van der Waals surface area contributed by atoms with Crippen molar-refractivity contribution in [1.82, 2.24) is 5.32 Å². The third kappa shape index (κ3) is 51.6. The van der Waals surface area contributed by atoms with Crippen LogP contribution in [0.25, 0.3) is 0 Å². The number of aliphatic hydroxyl groups excluding tert-OH is 2. The number of unbranched alkanes of at least 4 members (excludes halogenated alkanes) is 41. The SMILES string of the molecule is CCCCCCCCCCCCCCCCCCCCCC/C=C/C(O)C(CO)NC(=O)CCCCCCCCC/C=C\CCCCCCOC(=O)CCCCCCCCCCCCC. The van der Waals surface area contributed by atoms with Gasteiger partial charge in [0.1, 0.15) is 0 Å². The van der Waals surface area contributed by atoms with Crippen molar-refractivity contribution in [3.63, 3.8) is 0 Å². The molecule has 3 N–H and O–H groups in total. The maximum atomic E-state index is 12.5. The van der Waals surface area contributed by atoms with Crippen molar-refractivity contribution in [2.24, 2.45) is 0 Å². The van der Waals surface area contributed by atoms with E-state index in [0.717, 1.165) is 70.6 Å². The molecule has 0 aliphatic carbocycles. The predicted molar refractivity (Wildman–Crippen MR) is 283 cm³/mol. The van der Waals surface area contributed by atoms with Crippen molar-refractivity contribution in [2.75, 3.05) is 13.2 Å². The second-order valence-electron chi connectivity index (χ2n) is 20.0. The standard InChI is InChI=1S/C59H113NO5/c1-3-5-7-9-11-13-15-16-17-18-19-20-21-22-23-25-28-32-35-39-43-47-51-57(62)56(55-61)60-58(63)52-48-44-40-36-33-29-26-24-27-30-34-38-42-46-50-54-65-59(64)53-49-45-41-37-31-14-12-10-8-6-4-2/h27,30,47,51,56-57,61-62H,3-26,28-29,31-46,48-50,52-55H2,1-2H3,(H,60,63)/b30-27-,51-47+. The van der Waals surface area contributed by atoms with E-state index < -0.39 is 12.1 Å². The number of aliphatic hydroxyl groups is 2. The molecule has 0 aromatic rings. The van der Waals surface area contributed by atoms with E-state index in [-0.39, 0.29) is 18.5 Å². The molecule has 65 heavy (non-hydrogen) atoms. The molecule has 0 radical (unpaired) electrons. The van der Waals surface area contributed by atoms with Gasteiger partial charge < -0.3 is 20.3 Å². The molecule has 1 amide bonds. The molecule has 2 atom stereocenters. The number of hydrogen-bond acceptors (Lipinski definition) is 5. The van der Waals surface area contributed by atoms with E-state index >= 15 is 0 Å². The van der Waals surface area contributed by atoms with Crippen LogP contribution in [-0.4, -0.2) is 47.4 Å². The van der Waals surface area contributed by atoms with Gasteiger partial charge in [-0.25, -0.2) is 0 Å². The molecular weight excluding hydrogens is 803 g/mol. The fourth-order valence-corrected chi connectivity index (χ4v) is 8.98. The molecule has 0 fully saturated rings. The van der Waals surface area contributed by atoms with Gasteiger partial charge in [0.2, 0.25) is 5.91 Å². The third-order valence-corrected chi connectivity index (χ3v) is 13.5. The lowest BCUT2D eigenvalue weighted by molar-refractivity contribution is -0.143. The van der Waals surface area contributed by atoms with Crippen LogP contribution in [0.4, 0.5) is 0 Å². The lowest BCUT2D eigenvalue weighted by Gasteiger charge is -2.20. The van der Waals surface area contributed by atoms with Crippen LogP contribution in [0.2, 0.25) is 0 Å². The van der Waals surface area contributed by atoms with E-state index in [1.165, 1.54) is 218 Å². The lowest BCUT2D eigenvalue weighted by atomic mass is 10.0. The van der Waals surface area contributed by atoms with E-state index in [4.69, 9.17) is 4.74 Å². The number of nitrogens with one attached hydrogen (secondary N) is 1.